The second kappa shape index (κ2) is 4.63. The number of hydrogen-bond acceptors (Lipinski definition) is 4. The van der Waals surface area contributed by atoms with Gasteiger partial charge in [0.25, 0.3) is 0 Å². The van der Waals surface area contributed by atoms with Crippen LogP contribution >= 0.6 is 0 Å². The van der Waals surface area contributed by atoms with Crippen LogP contribution in [0.15, 0.2) is 0 Å². The van der Waals surface area contributed by atoms with E-state index in [0.717, 1.165) is 0 Å². The molecule has 0 unspecified atom stereocenters. The first-order valence-electron chi connectivity index (χ1n) is 5.32. The molecule has 1 aliphatic rings. The highest BCUT2D eigenvalue weighted by atomic mass is 16.6. The maximum absolute atomic E-state index is 11.8. The van der Waals surface area contributed by atoms with E-state index >= 15 is 0 Å². The second-order valence-corrected chi connectivity index (χ2v) is 5.02. The lowest BCUT2D eigenvalue weighted by atomic mass is 9.92. The van der Waals surface area contributed by atoms with Crippen LogP contribution in [-0.4, -0.2) is 59.3 Å². The van der Waals surface area contributed by atoms with Crippen LogP contribution < -0.4 is 0 Å². The first kappa shape index (κ1) is 13.3. The summed E-state index contributed by atoms with van der Waals surface area (Å²) < 4.78 is 5.16. The van der Waals surface area contributed by atoms with E-state index in [9.17, 15) is 9.90 Å². The van der Waals surface area contributed by atoms with Gasteiger partial charge in [-0.2, -0.15) is 0 Å². The average Bonchev–Trinajstić information content (AvgIpc) is 2.40. The van der Waals surface area contributed by atoms with E-state index in [0.29, 0.717) is 0 Å². The van der Waals surface area contributed by atoms with Gasteiger partial charge in [-0.1, -0.05) is 0 Å². The smallest absolute Gasteiger partial charge is 0.410 e. The quantitative estimate of drug-likeness (QED) is 0.611. The number of ether oxygens (including phenoxy) is 1. The van der Waals surface area contributed by atoms with Gasteiger partial charge in [0.05, 0.1) is 18.8 Å². The fourth-order valence-corrected chi connectivity index (χ4v) is 1.71. The van der Waals surface area contributed by atoms with Crippen LogP contribution in [0.4, 0.5) is 4.79 Å². The number of carbonyl (C=O) groups is 1. The summed E-state index contributed by atoms with van der Waals surface area (Å²) in [5.41, 5.74) is -0.621. The fourth-order valence-electron chi connectivity index (χ4n) is 1.71. The number of aliphatic hydroxyl groups is 2. The summed E-state index contributed by atoms with van der Waals surface area (Å²) in [6.45, 7) is 5.01. The number of amides is 1. The molecular formula is C10H18BNO4. The van der Waals surface area contributed by atoms with Crippen LogP contribution in [0.2, 0.25) is 0 Å². The zero-order valence-corrected chi connectivity index (χ0v) is 9.88. The van der Waals surface area contributed by atoms with Gasteiger partial charge in [-0.25, -0.2) is 4.79 Å². The third-order valence-corrected chi connectivity index (χ3v) is 2.44. The Bertz CT molecular complexity index is 266. The van der Waals surface area contributed by atoms with Crippen molar-refractivity contribution in [1.29, 1.82) is 0 Å². The van der Waals surface area contributed by atoms with Gasteiger partial charge in [0.15, 0.2) is 0 Å². The molecule has 0 saturated carbocycles. The van der Waals surface area contributed by atoms with Crippen molar-refractivity contribution in [2.24, 2.45) is 0 Å². The fraction of sp³-hybridized carbons (Fsp3) is 0.900. The van der Waals surface area contributed by atoms with E-state index in [1.54, 1.807) is 20.8 Å². The van der Waals surface area contributed by atoms with Crippen molar-refractivity contribution in [1.82, 2.24) is 4.90 Å². The number of aliphatic hydroxyl groups excluding tert-OH is 2. The van der Waals surface area contributed by atoms with Gasteiger partial charge in [-0.05, 0) is 27.2 Å². The first-order chi connectivity index (χ1) is 7.26. The Balaban J connectivity index is 2.73. The van der Waals surface area contributed by atoms with Crippen molar-refractivity contribution in [3.05, 3.63) is 0 Å². The molecule has 0 aromatic rings. The molecule has 0 aromatic heterocycles. The van der Waals surface area contributed by atoms with Gasteiger partial charge in [-0.3, -0.25) is 0 Å². The summed E-state index contributed by atoms with van der Waals surface area (Å²) in [4.78, 5) is 13.0. The van der Waals surface area contributed by atoms with Gasteiger partial charge in [0.2, 0.25) is 0 Å². The molecule has 1 amide bonds. The molecule has 0 aromatic carbocycles. The summed E-state index contributed by atoms with van der Waals surface area (Å²) in [6, 6.07) is -0.472. The Labute approximate surface area is 96.8 Å². The van der Waals surface area contributed by atoms with Crippen LogP contribution in [0.25, 0.3) is 0 Å². The van der Waals surface area contributed by atoms with E-state index in [2.05, 4.69) is 0 Å². The molecule has 3 atom stereocenters. The predicted molar refractivity (Wildman–Crippen MR) is 59.1 cm³/mol. The van der Waals surface area contributed by atoms with Crippen molar-refractivity contribution in [2.75, 3.05) is 6.61 Å². The molecule has 0 spiro atoms. The van der Waals surface area contributed by atoms with Gasteiger partial charge in [-0.15, -0.1) is 0 Å². The lowest BCUT2D eigenvalue weighted by molar-refractivity contribution is 0.0125. The van der Waals surface area contributed by atoms with Crippen molar-refractivity contribution in [2.45, 2.75) is 50.9 Å². The van der Waals surface area contributed by atoms with Crippen LogP contribution in [0.3, 0.4) is 0 Å². The summed E-state index contributed by atoms with van der Waals surface area (Å²) >= 11 is 0. The SMILES string of the molecule is [B][C@H]1[C@H](O)C[C@@H](CO)N1C(=O)OC(C)(C)C. The van der Waals surface area contributed by atoms with Gasteiger partial charge < -0.3 is 19.8 Å². The Morgan fingerprint density at radius 3 is 2.56 bits per heavy atom. The molecule has 1 rings (SSSR count). The largest absolute Gasteiger partial charge is 0.444 e. The van der Waals surface area contributed by atoms with E-state index in [4.69, 9.17) is 17.7 Å². The van der Waals surface area contributed by atoms with E-state index < -0.39 is 29.8 Å². The number of carbonyl (C=O) groups excluding carboxylic acids is 1. The van der Waals surface area contributed by atoms with Crippen molar-refractivity contribution in [3.63, 3.8) is 0 Å². The highest BCUT2D eigenvalue weighted by Crippen LogP contribution is 2.25. The summed E-state index contributed by atoms with van der Waals surface area (Å²) in [5.74, 6) is -0.813. The first-order valence-corrected chi connectivity index (χ1v) is 5.32. The minimum Gasteiger partial charge on any atom is -0.444 e. The second-order valence-electron chi connectivity index (χ2n) is 5.02. The van der Waals surface area contributed by atoms with Crippen LogP contribution in [0, 0.1) is 0 Å². The third kappa shape index (κ3) is 2.89. The molecule has 1 saturated heterocycles. The lowest BCUT2D eigenvalue weighted by Gasteiger charge is -2.31. The summed E-state index contributed by atoms with van der Waals surface area (Å²) in [7, 11) is 5.67. The van der Waals surface area contributed by atoms with E-state index in [-0.39, 0.29) is 13.0 Å². The highest BCUT2D eigenvalue weighted by molar-refractivity contribution is 6.13. The maximum atomic E-state index is 11.8. The minimum absolute atomic E-state index is 0.232. The molecule has 1 heterocycles. The Kier molecular flexibility index (Phi) is 3.86. The topological polar surface area (TPSA) is 70.0 Å². The molecule has 16 heavy (non-hydrogen) atoms. The average molecular weight is 227 g/mol. The van der Waals surface area contributed by atoms with Crippen molar-refractivity contribution in [3.8, 4) is 0 Å². The maximum Gasteiger partial charge on any atom is 0.410 e. The molecule has 1 fully saturated rings. The van der Waals surface area contributed by atoms with Gasteiger partial charge in [0.1, 0.15) is 13.4 Å². The molecule has 5 nitrogen and oxygen atoms in total. The molecule has 90 valence electrons. The van der Waals surface area contributed by atoms with Crippen molar-refractivity contribution >= 4 is 13.9 Å². The summed E-state index contributed by atoms with van der Waals surface area (Å²) in [5, 5.41) is 18.6. The van der Waals surface area contributed by atoms with E-state index in [1.165, 1.54) is 4.90 Å². The normalized spacial score (nSPS) is 30.6. The van der Waals surface area contributed by atoms with Gasteiger partial charge >= 0.3 is 6.09 Å². The standard InChI is InChI=1S/C10H18BNO4/c1-10(2,3)16-9(15)12-6(5-13)4-7(14)8(12)11/h6-8,13-14H,4-5H2,1-3H3/t6-,7+,8+/m0/s1. The molecular weight excluding hydrogens is 209 g/mol. The zero-order chi connectivity index (χ0) is 12.5. The molecule has 2 radical (unpaired) electrons. The van der Waals surface area contributed by atoms with Crippen molar-refractivity contribution < 1.29 is 19.7 Å². The molecule has 2 N–H and O–H groups in total. The minimum atomic E-state index is -0.815. The Morgan fingerprint density at radius 1 is 1.56 bits per heavy atom. The van der Waals surface area contributed by atoms with Crippen LogP contribution in [0.1, 0.15) is 27.2 Å². The number of likely N-dealkylation sites (tertiary alicyclic amines) is 1. The number of hydrogen-bond donors (Lipinski definition) is 2. The predicted octanol–water partition coefficient (Wildman–Crippen LogP) is -0.156. The summed E-state index contributed by atoms with van der Waals surface area (Å²) in [6.07, 6.45) is -1.14. The van der Waals surface area contributed by atoms with Crippen LogP contribution in [-0.2, 0) is 4.74 Å². The monoisotopic (exact) mass is 227 g/mol. The molecule has 6 heteroatoms. The Hall–Kier alpha value is -0.745. The van der Waals surface area contributed by atoms with Gasteiger partial charge in [0, 0.05) is 5.94 Å². The zero-order valence-electron chi connectivity index (χ0n) is 9.88. The third-order valence-electron chi connectivity index (χ3n) is 2.44. The molecule has 0 bridgehead atoms. The number of rotatable bonds is 1. The lowest BCUT2D eigenvalue weighted by Crippen LogP contribution is -2.47. The van der Waals surface area contributed by atoms with Crippen LogP contribution in [0.5, 0.6) is 0 Å². The van der Waals surface area contributed by atoms with E-state index in [1.807, 2.05) is 0 Å². The highest BCUT2D eigenvalue weighted by Gasteiger charge is 2.41. The number of nitrogens with zero attached hydrogens (tertiary/aromatic N) is 1. The Morgan fingerprint density at radius 2 is 2.12 bits per heavy atom. The molecule has 0 aliphatic carbocycles. The molecule has 1 aliphatic heterocycles.